The summed E-state index contributed by atoms with van der Waals surface area (Å²) >= 11 is 0. The summed E-state index contributed by atoms with van der Waals surface area (Å²) < 4.78 is 16.9. The number of nitrogens with one attached hydrogen (secondary N) is 1. The highest BCUT2D eigenvalue weighted by Crippen LogP contribution is 2.23. The molecule has 2 aromatic heterocycles. The van der Waals surface area contributed by atoms with Crippen LogP contribution < -0.4 is 10.1 Å². The van der Waals surface area contributed by atoms with E-state index in [0.717, 1.165) is 11.3 Å². The van der Waals surface area contributed by atoms with E-state index in [1.165, 1.54) is 5.56 Å². The first-order valence-electron chi connectivity index (χ1n) is 8.34. The van der Waals surface area contributed by atoms with Gasteiger partial charge in [-0.3, -0.25) is 0 Å². The van der Waals surface area contributed by atoms with Crippen molar-refractivity contribution in [1.82, 2.24) is 15.5 Å². The van der Waals surface area contributed by atoms with Crippen molar-refractivity contribution in [2.45, 2.75) is 39.8 Å². The number of aromatic nitrogens is 2. The lowest BCUT2D eigenvalue weighted by molar-refractivity contribution is 0.268. The summed E-state index contributed by atoms with van der Waals surface area (Å²) in [5.41, 5.74) is 2.32. The van der Waals surface area contributed by atoms with E-state index in [1.54, 1.807) is 0 Å². The predicted molar refractivity (Wildman–Crippen MR) is 94.5 cm³/mol. The summed E-state index contributed by atoms with van der Waals surface area (Å²) in [5, 5.41) is 7.13. The van der Waals surface area contributed by atoms with Crippen LogP contribution in [0, 0.1) is 13.8 Å². The van der Waals surface area contributed by atoms with E-state index in [1.807, 2.05) is 38.2 Å². The van der Waals surface area contributed by atoms with Crippen LogP contribution in [0.15, 0.2) is 39.3 Å². The second-order valence-electron chi connectivity index (χ2n) is 6.23. The quantitative estimate of drug-likeness (QED) is 0.707. The van der Waals surface area contributed by atoms with Crippen LogP contribution in [0.25, 0.3) is 11.7 Å². The third kappa shape index (κ3) is 4.28. The maximum Gasteiger partial charge on any atom is 0.293 e. The lowest BCUT2D eigenvalue weighted by Gasteiger charge is -2.08. The van der Waals surface area contributed by atoms with Gasteiger partial charge in [0.25, 0.3) is 5.89 Å². The van der Waals surface area contributed by atoms with Gasteiger partial charge in [0.05, 0.1) is 0 Å². The Labute approximate surface area is 147 Å². The fourth-order valence-electron chi connectivity index (χ4n) is 2.49. The first-order chi connectivity index (χ1) is 12.0. The molecule has 1 N–H and O–H groups in total. The number of ether oxygens (including phenoxy) is 1. The Bertz CT molecular complexity index is 838. The Kier molecular flexibility index (Phi) is 5.19. The highest BCUT2D eigenvalue weighted by molar-refractivity contribution is 5.44. The summed E-state index contributed by atoms with van der Waals surface area (Å²) in [4.78, 5) is 4.37. The van der Waals surface area contributed by atoms with Gasteiger partial charge in [0.2, 0.25) is 0 Å². The molecule has 0 saturated carbocycles. The number of rotatable bonds is 7. The molecular weight excluding hydrogens is 318 g/mol. The molecule has 3 aromatic rings. The maximum atomic E-state index is 5.83. The number of hydrogen-bond donors (Lipinski definition) is 1. The minimum absolute atomic E-state index is 0.281. The van der Waals surface area contributed by atoms with Crippen molar-refractivity contribution in [2.75, 3.05) is 7.05 Å². The Morgan fingerprint density at radius 1 is 1.20 bits per heavy atom. The van der Waals surface area contributed by atoms with Gasteiger partial charge in [-0.05, 0) is 51.6 Å². The van der Waals surface area contributed by atoms with E-state index in [4.69, 9.17) is 13.7 Å². The van der Waals surface area contributed by atoms with Crippen molar-refractivity contribution >= 4 is 0 Å². The van der Waals surface area contributed by atoms with Crippen LogP contribution >= 0.6 is 0 Å². The largest absolute Gasteiger partial charge is 0.485 e. The minimum Gasteiger partial charge on any atom is -0.485 e. The zero-order valence-corrected chi connectivity index (χ0v) is 15.0. The maximum absolute atomic E-state index is 5.83. The second kappa shape index (κ2) is 7.53. The van der Waals surface area contributed by atoms with Gasteiger partial charge in [0.15, 0.2) is 11.6 Å². The molecule has 0 fully saturated rings. The van der Waals surface area contributed by atoms with Gasteiger partial charge in [-0.25, -0.2) is 0 Å². The van der Waals surface area contributed by atoms with Crippen molar-refractivity contribution in [3.63, 3.8) is 0 Å². The molecule has 0 amide bonds. The van der Waals surface area contributed by atoms with E-state index in [2.05, 4.69) is 35.4 Å². The van der Waals surface area contributed by atoms with Gasteiger partial charge < -0.3 is 19.0 Å². The molecule has 132 valence electrons. The van der Waals surface area contributed by atoms with Gasteiger partial charge >= 0.3 is 0 Å². The Morgan fingerprint density at radius 3 is 2.80 bits per heavy atom. The van der Waals surface area contributed by atoms with Crippen LogP contribution in [-0.2, 0) is 13.0 Å². The highest BCUT2D eigenvalue weighted by atomic mass is 16.5. The molecular formula is C19H23N3O3. The van der Waals surface area contributed by atoms with Gasteiger partial charge in [0.1, 0.15) is 18.1 Å². The number of nitrogens with zero attached hydrogens (tertiary/aromatic N) is 2. The summed E-state index contributed by atoms with van der Waals surface area (Å²) in [5.74, 6) is 3.15. The third-order valence-corrected chi connectivity index (χ3v) is 4.02. The fourth-order valence-corrected chi connectivity index (χ4v) is 2.49. The monoisotopic (exact) mass is 341 g/mol. The van der Waals surface area contributed by atoms with Gasteiger partial charge in [-0.2, -0.15) is 4.98 Å². The molecule has 25 heavy (non-hydrogen) atoms. The number of hydrogen-bond acceptors (Lipinski definition) is 6. The molecule has 0 aliphatic heterocycles. The molecule has 3 rings (SSSR count). The van der Waals surface area contributed by atoms with Crippen molar-refractivity contribution in [2.24, 2.45) is 0 Å². The van der Waals surface area contributed by atoms with E-state index in [9.17, 15) is 0 Å². The standard InChI is InChI=1S/C19H23N3O3/c1-12-5-7-16(13(2)9-12)23-11-15-6-8-17(24-15)19-21-18(22-25-19)10-14(3)20-4/h5-9,14,20H,10-11H2,1-4H3. The third-order valence-electron chi connectivity index (χ3n) is 4.02. The summed E-state index contributed by atoms with van der Waals surface area (Å²) in [6, 6.07) is 10.1. The number of furan rings is 1. The number of likely N-dealkylation sites (N-methyl/N-ethyl adjacent to an activating group) is 1. The van der Waals surface area contributed by atoms with Crippen LogP contribution in [0.5, 0.6) is 5.75 Å². The van der Waals surface area contributed by atoms with Crippen LogP contribution in [0.4, 0.5) is 0 Å². The molecule has 0 spiro atoms. The van der Waals surface area contributed by atoms with Crippen LogP contribution in [0.1, 0.15) is 29.6 Å². The fraction of sp³-hybridized carbons (Fsp3) is 0.368. The van der Waals surface area contributed by atoms with Crippen molar-refractivity contribution in [3.05, 3.63) is 53.0 Å². The Morgan fingerprint density at radius 2 is 2.04 bits per heavy atom. The zero-order chi connectivity index (χ0) is 17.8. The van der Waals surface area contributed by atoms with Crippen molar-refractivity contribution in [1.29, 1.82) is 0 Å². The topological polar surface area (TPSA) is 73.3 Å². The first-order valence-corrected chi connectivity index (χ1v) is 8.34. The molecule has 0 bridgehead atoms. The smallest absolute Gasteiger partial charge is 0.293 e. The molecule has 1 unspecified atom stereocenters. The van der Waals surface area contributed by atoms with Gasteiger partial charge in [-0.1, -0.05) is 22.9 Å². The first kappa shape index (κ1) is 17.2. The molecule has 0 aliphatic carbocycles. The van der Waals surface area contributed by atoms with Gasteiger partial charge in [-0.15, -0.1) is 0 Å². The van der Waals surface area contributed by atoms with Crippen LogP contribution in [0.3, 0.4) is 0 Å². The second-order valence-corrected chi connectivity index (χ2v) is 6.23. The molecule has 1 aromatic carbocycles. The number of aryl methyl sites for hydroxylation is 2. The van der Waals surface area contributed by atoms with Crippen molar-refractivity contribution < 1.29 is 13.7 Å². The average molecular weight is 341 g/mol. The van der Waals surface area contributed by atoms with Crippen LogP contribution in [-0.4, -0.2) is 23.2 Å². The molecule has 6 heteroatoms. The summed E-state index contributed by atoms with van der Waals surface area (Å²) in [6.45, 7) is 6.50. The predicted octanol–water partition coefficient (Wildman–Crippen LogP) is 3.68. The lowest BCUT2D eigenvalue weighted by atomic mass is 10.1. The zero-order valence-electron chi connectivity index (χ0n) is 15.0. The summed E-state index contributed by atoms with van der Waals surface area (Å²) in [7, 11) is 1.90. The van der Waals surface area contributed by atoms with E-state index >= 15 is 0 Å². The Balaban J connectivity index is 1.64. The molecule has 0 saturated heterocycles. The van der Waals surface area contributed by atoms with Gasteiger partial charge in [0, 0.05) is 12.5 Å². The Hall–Kier alpha value is -2.60. The lowest BCUT2D eigenvalue weighted by Crippen LogP contribution is -2.24. The van der Waals surface area contributed by atoms with Crippen molar-refractivity contribution in [3.8, 4) is 17.4 Å². The summed E-state index contributed by atoms with van der Waals surface area (Å²) in [6.07, 6.45) is 0.698. The number of benzene rings is 1. The normalized spacial score (nSPS) is 12.3. The van der Waals surface area contributed by atoms with E-state index < -0.39 is 0 Å². The SMILES string of the molecule is CNC(C)Cc1noc(-c2ccc(COc3ccc(C)cc3C)o2)n1. The minimum atomic E-state index is 0.281. The van der Waals surface area contributed by atoms with E-state index in [0.29, 0.717) is 36.3 Å². The molecule has 1 atom stereocenters. The highest BCUT2D eigenvalue weighted by Gasteiger charge is 2.15. The molecule has 0 radical (unpaired) electrons. The molecule has 2 heterocycles. The molecule has 0 aliphatic rings. The molecule has 6 nitrogen and oxygen atoms in total. The van der Waals surface area contributed by atoms with E-state index in [-0.39, 0.29) is 6.04 Å². The van der Waals surface area contributed by atoms with Crippen LogP contribution in [0.2, 0.25) is 0 Å². The average Bonchev–Trinajstić information content (AvgIpc) is 3.23.